The number of nitrogens with one attached hydrogen (secondary N) is 2. The fraction of sp³-hybridized carbons (Fsp3) is 0.241. The van der Waals surface area contributed by atoms with Crippen LogP contribution in [0.15, 0.2) is 76.0 Å². The maximum absolute atomic E-state index is 13.1. The molecule has 0 atom stereocenters. The Kier molecular flexibility index (Phi) is 8.66. The van der Waals surface area contributed by atoms with Gasteiger partial charge in [-0.05, 0) is 99.4 Å². The minimum Gasteiger partial charge on any atom is -0.480 e. The fourth-order valence-electron chi connectivity index (χ4n) is 4.23. The summed E-state index contributed by atoms with van der Waals surface area (Å²) in [6, 6.07) is 21.5. The molecule has 0 bridgehead atoms. The Labute approximate surface area is 221 Å². The van der Waals surface area contributed by atoms with E-state index in [4.69, 9.17) is 9.52 Å². The third-order valence-electron chi connectivity index (χ3n) is 6.04. The number of aryl methyl sites for hydroxylation is 2. The third-order valence-corrected chi connectivity index (χ3v) is 6.84. The summed E-state index contributed by atoms with van der Waals surface area (Å²) in [5.41, 5.74) is 5.52. The van der Waals surface area contributed by atoms with Gasteiger partial charge in [0.25, 0.3) is 5.91 Å². The Morgan fingerprint density at radius 3 is 2.30 bits per heavy atom. The van der Waals surface area contributed by atoms with Crippen molar-refractivity contribution in [2.24, 2.45) is 0 Å². The van der Waals surface area contributed by atoms with E-state index in [1.165, 1.54) is 17.5 Å². The van der Waals surface area contributed by atoms with Gasteiger partial charge in [0.15, 0.2) is 5.76 Å². The number of carbonyl (C=O) groups is 2. The number of benzene rings is 3. The van der Waals surface area contributed by atoms with Crippen molar-refractivity contribution in [3.63, 3.8) is 0 Å². The van der Waals surface area contributed by atoms with Crippen LogP contribution >= 0.6 is 11.9 Å². The molecule has 1 aromatic heterocycles. The summed E-state index contributed by atoms with van der Waals surface area (Å²) >= 11 is 1.28. The average molecular weight is 518 g/mol. The number of rotatable bonds is 11. The molecule has 3 aromatic carbocycles. The number of hydrogen-bond donors (Lipinski definition) is 3. The lowest BCUT2D eigenvalue weighted by molar-refractivity contribution is -0.135. The molecule has 0 aliphatic rings. The van der Waals surface area contributed by atoms with Gasteiger partial charge in [-0.15, -0.1) is 0 Å². The van der Waals surface area contributed by atoms with Crippen LogP contribution in [-0.4, -0.2) is 49.1 Å². The quantitative estimate of drug-likeness (QED) is 0.215. The Balaban J connectivity index is 1.43. The number of hydrogen-bond acceptors (Lipinski definition) is 6. The highest BCUT2D eigenvalue weighted by Gasteiger charge is 2.20. The van der Waals surface area contributed by atoms with Crippen LogP contribution in [0.4, 0.5) is 5.69 Å². The first kappa shape index (κ1) is 26.5. The van der Waals surface area contributed by atoms with Gasteiger partial charge in [-0.25, -0.2) is 4.72 Å². The lowest BCUT2D eigenvalue weighted by atomic mass is 10.0. The van der Waals surface area contributed by atoms with Crippen molar-refractivity contribution in [1.82, 2.24) is 9.62 Å². The molecule has 0 saturated heterocycles. The summed E-state index contributed by atoms with van der Waals surface area (Å²) in [5, 5.41) is 12.7. The molecule has 37 heavy (non-hydrogen) atoms. The first-order valence-corrected chi connectivity index (χ1v) is 12.9. The SMILES string of the molecule is Cc1c(C(=O)Nc2ccc(-c3ccc(SNCC(=O)O)cc3)cc2)oc2cccc(CCCN(C)C)c12. The second-order valence-electron chi connectivity index (χ2n) is 9.13. The lowest BCUT2D eigenvalue weighted by Gasteiger charge is -2.09. The zero-order valence-electron chi connectivity index (χ0n) is 21.2. The van der Waals surface area contributed by atoms with Gasteiger partial charge in [0.05, 0.1) is 0 Å². The van der Waals surface area contributed by atoms with Crippen LogP contribution in [0.2, 0.25) is 0 Å². The fourth-order valence-corrected chi connectivity index (χ4v) is 4.86. The van der Waals surface area contributed by atoms with E-state index in [1.54, 1.807) is 0 Å². The molecule has 8 heteroatoms. The first-order valence-electron chi connectivity index (χ1n) is 12.1. The average Bonchev–Trinajstić information content (AvgIpc) is 3.22. The van der Waals surface area contributed by atoms with Gasteiger partial charge in [0.1, 0.15) is 12.1 Å². The van der Waals surface area contributed by atoms with E-state index in [0.29, 0.717) is 11.4 Å². The number of fused-ring (bicyclic) bond motifs is 1. The molecule has 1 heterocycles. The molecule has 1 amide bonds. The van der Waals surface area contributed by atoms with E-state index in [1.807, 2.05) is 67.6 Å². The summed E-state index contributed by atoms with van der Waals surface area (Å²) in [6.45, 7) is 2.84. The molecule has 0 unspecified atom stereocenters. The molecule has 0 radical (unpaired) electrons. The van der Waals surface area contributed by atoms with Gasteiger partial charge in [0, 0.05) is 21.5 Å². The normalized spacial score (nSPS) is 11.2. The molecule has 4 aromatic rings. The van der Waals surface area contributed by atoms with E-state index < -0.39 is 5.97 Å². The van der Waals surface area contributed by atoms with Gasteiger partial charge >= 0.3 is 5.97 Å². The van der Waals surface area contributed by atoms with Crippen molar-refractivity contribution in [2.45, 2.75) is 24.7 Å². The van der Waals surface area contributed by atoms with Crippen molar-refractivity contribution < 1.29 is 19.1 Å². The van der Waals surface area contributed by atoms with Gasteiger partial charge < -0.3 is 19.7 Å². The lowest BCUT2D eigenvalue weighted by Crippen LogP contribution is -2.15. The number of anilines is 1. The predicted molar refractivity (Wildman–Crippen MR) is 149 cm³/mol. The molecule has 192 valence electrons. The van der Waals surface area contributed by atoms with Gasteiger partial charge in [-0.2, -0.15) is 0 Å². The highest BCUT2D eigenvalue weighted by Crippen LogP contribution is 2.30. The molecular formula is C29H31N3O4S. The van der Waals surface area contributed by atoms with Crippen LogP contribution < -0.4 is 10.0 Å². The number of furan rings is 1. The molecule has 7 nitrogen and oxygen atoms in total. The summed E-state index contributed by atoms with van der Waals surface area (Å²) in [5.74, 6) is -0.827. The first-order chi connectivity index (χ1) is 17.8. The summed E-state index contributed by atoms with van der Waals surface area (Å²) in [4.78, 5) is 26.8. The number of aliphatic carboxylic acids is 1. The van der Waals surface area contributed by atoms with Crippen molar-refractivity contribution in [3.05, 3.63) is 83.6 Å². The molecule has 0 aliphatic heterocycles. The van der Waals surface area contributed by atoms with Crippen LogP contribution in [0.1, 0.15) is 28.1 Å². The molecule has 0 fully saturated rings. The van der Waals surface area contributed by atoms with Gasteiger partial charge in [-0.3, -0.25) is 9.59 Å². The van der Waals surface area contributed by atoms with E-state index in [2.05, 4.69) is 35.1 Å². The van der Waals surface area contributed by atoms with Crippen molar-refractivity contribution >= 4 is 40.5 Å². The zero-order valence-corrected chi connectivity index (χ0v) is 22.0. The van der Waals surface area contributed by atoms with E-state index in [0.717, 1.165) is 51.9 Å². The Bertz CT molecular complexity index is 1380. The number of nitrogens with zero attached hydrogens (tertiary/aromatic N) is 1. The monoisotopic (exact) mass is 517 g/mol. The maximum atomic E-state index is 13.1. The number of carboxylic acids is 1. The predicted octanol–water partition coefficient (Wildman–Crippen LogP) is 5.84. The van der Waals surface area contributed by atoms with Crippen LogP contribution in [0.3, 0.4) is 0 Å². The standard InChI is InChI=1S/C29H31N3O4S/c1-19-27-22(7-5-17-32(2)3)6-4-8-25(27)36-28(19)29(35)31-23-13-9-20(10-14-23)21-11-15-24(16-12-21)37-30-18-26(33)34/h4,6,8-16,30H,5,7,17-18H2,1-3H3,(H,31,35)(H,33,34). The third kappa shape index (κ3) is 6.80. The second-order valence-corrected chi connectivity index (χ2v) is 10.1. The van der Waals surface area contributed by atoms with Crippen LogP contribution in [0.5, 0.6) is 0 Å². The zero-order chi connectivity index (χ0) is 26.4. The highest BCUT2D eigenvalue weighted by atomic mass is 32.2. The molecule has 0 saturated carbocycles. The van der Waals surface area contributed by atoms with Crippen molar-refractivity contribution in [1.29, 1.82) is 0 Å². The van der Waals surface area contributed by atoms with E-state index in [9.17, 15) is 9.59 Å². The number of amides is 1. The molecule has 3 N–H and O–H groups in total. The smallest absolute Gasteiger partial charge is 0.318 e. The minimum absolute atomic E-state index is 0.106. The highest BCUT2D eigenvalue weighted by molar-refractivity contribution is 7.97. The Morgan fingerprint density at radius 2 is 1.65 bits per heavy atom. The Hall–Kier alpha value is -3.59. The number of carbonyl (C=O) groups excluding carboxylic acids is 1. The molecular weight excluding hydrogens is 486 g/mol. The molecule has 4 rings (SSSR count). The largest absolute Gasteiger partial charge is 0.480 e. The molecule has 0 spiro atoms. The van der Waals surface area contributed by atoms with E-state index >= 15 is 0 Å². The summed E-state index contributed by atoms with van der Waals surface area (Å²) in [6.07, 6.45) is 1.96. The van der Waals surface area contributed by atoms with Crippen molar-refractivity contribution in [2.75, 3.05) is 32.5 Å². The Morgan fingerprint density at radius 1 is 0.973 bits per heavy atom. The second kappa shape index (κ2) is 12.1. The van der Waals surface area contributed by atoms with E-state index in [-0.39, 0.29) is 12.5 Å². The van der Waals surface area contributed by atoms with Gasteiger partial charge in [0.2, 0.25) is 0 Å². The van der Waals surface area contributed by atoms with Crippen LogP contribution in [0, 0.1) is 6.92 Å². The summed E-state index contributed by atoms with van der Waals surface area (Å²) in [7, 11) is 4.14. The number of carboxylic acid groups (broad SMARTS) is 1. The van der Waals surface area contributed by atoms with Crippen molar-refractivity contribution in [3.8, 4) is 11.1 Å². The topological polar surface area (TPSA) is 94.8 Å². The maximum Gasteiger partial charge on any atom is 0.318 e. The van der Waals surface area contributed by atoms with Crippen LogP contribution in [0.25, 0.3) is 22.1 Å². The van der Waals surface area contributed by atoms with Gasteiger partial charge in [-0.1, -0.05) is 36.4 Å². The molecule has 0 aliphatic carbocycles. The summed E-state index contributed by atoms with van der Waals surface area (Å²) < 4.78 is 8.78. The van der Waals surface area contributed by atoms with Crippen LogP contribution in [-0.2, 0) is 11.2 Å². The minimum atomic E-state index is -0.896.